The zero-order valence-corrected chi connectivity index (χ0v) is 9.50. The van der Waals surface area contributed by atoms with Crippen LogP contribution < -0.4 is 5.32 Å². The van der Waals surface area contributed by atoms with Gasteiger partial charge < -0.3 is 5.32 Å². The second-order valence-corrected chi connectivity index (χ2v) is 4.48. The molecule has 0 aromatic carbocycles. The Morgan fingerprint density at radius 1 is 1.47 bits per heavy atom. The monoisotopic (exact) mass is 237 g/mol. The Labute approximate surface area is 91.3 Å². The summed E-state index contributed by atoms with van der Waals surface area (Å²) in [5, 5.41) is 4.69. The summed E-state index contributed by atoms with van der Waals surface area (Å²) < 4.78 is 36.9. The van der Waals surface area contributed by atoms with Gasteiger partial charge >= 0.3 is 6.18 Å². The normalized spacial score (nSPS) is 14.2. The van der Waals surface area contributed by atoms with E-state index in [0.717, 1.165) is 10.4 Å². The summed E-state index contributed by atoms with van der Waals surface area (Å²) in [5.41, 5.74) is 0.763. The third-order valence-corrected chi connectivity index (χ3v) is 3.02. The molecule has 15 heavy (non-hydrogen) atoms. The molecule has 5 heteroatoms. The molecule has 86 valence electrons. The van der Waals surface area contributed by atoms with Gasteiger partial charge in [-0.25, -0.2) is 0 Å². The highest BCUT2D eigenvalue weighted by molar-refractivity contribution is 7.10. The number of hydrogen-bond acceptors (Lipinski definition) is 2. The fourth-order valence-corrected chi connectivity index (χ4v) is 2.29. The summed E-state index contributed by atoms with van der Waals surface area (Å²) in [6.07, 6.45) is -4.93. The van der Waals surface area contributed by atoms with Gasteiger partial charge in [0.25, 0.3) is 0 Å². The molecule has 0 fully saturated rings. The van der Waals surface area contributed by atoms with Crippen LogP contribution in [0.5, 0.6) is 0 Å². The Morgan fingerprint density at radius 2 is 2.13 bits per heavy atom. The second-order valence-electron chi connectivity index (χ2n) is 3.36. The first-order valence-electron chi connectivity index (χ1n) is 4.78. The lowest BCUT2D eigenvalue weighted by atomic mass is 10.0. The first-order valence-corrected chi connectivity index (χ1v) is 5.66. The SMILES string of the molecule is CCNC(CC(F)(F)F)c1ccsc1C. The summed E-state index contributed by atoms with van der Waals surface area (Å²) >= 11 is 1.48. The number of nitrogens with one attached hydrogen (secondary N) is 1. The van der Waals surface area contributed by atoms with E-state index < -0.39 is 18.6 Å². The van der Waals surface area contributed by atoms with E-state index in [9.17, 15) is 13.2 Å². The summed E-state index contributed by atoms with van der Waals surface area (Å²) in [7, 11) is 0. The summed E-state index contributed by atoms with van der Waals surface area (Å²) in [6.45, 7) is 4.20. The molecule has 0 radical (unpaired) electrons. The van der Waals surface area contributed by atoms with Crippen molar-refractivity contribution in [3.05, 3.63) is 21.9 Å². The van der Waals surface area contributed by atoms with E-state index in [-0.39, 0.29) is 0 Å². The minimum Gasteiger partial charge on any atom is -0.310 e. The Balaban J connectivity index is 2.79. The average Bonchev–Trinajstić information content (AvgIpc) is 2.48. The number of rotatable bonds is 4. The summed E-state index contributed by atoms with van der Waals surface area (Å²) in [6, 6.07) is 1.15. The molecule has 1 atom stereocenters. The first kappa shape index (κ1) is 12.5. The summed E-state index contributed by atoms with van der Waals surface area (Å²) in [4.78, 5) is 0.949. The molecule has 0 aliphatic carbocycles. The van der Waals surface area contributed by atoms with Gasteiger partial charge in [0.05, 0.1) is 6.42 Å². The lowest BCUT2D eigenvalue weighted by Gasteiger charge is -2.19. The van der Waals surface area contributed by atoms with Crippen molar-refractivity contribution < 1.29 is 13.2 Å². The van der Waals surface area contributed by atoms with Crippen molar-refractivity contribution in [2.75, 3.05) is 6.54 Å². The van der Waals surface area contributed by atoms with E-state index in [1.165, 1.54) is 11.3 Å². The van der Waals surface area contributed by atoms with E-state index in [2.05, 4.69) is 5.32 Å². The van der Waals surface area contributed by atoms with Gasteiger partial charge in [0.15, 0.2) is 0 Å². The number of alkyl halides is 3. The van der Waals surface area contributed by atoms with Gasteiger partial charge in [0, 0.05) is 10.9 Å². The highest BCUT2D eigenvalue weighted by Crippen LogP contribution is 2.32. The lowest BCUT2D eigenvalue weighted by molar-refractivity contribution is -0.140. The maximum Gasteiger partial charge on any atom is 0.390 e. The maximum atomic E-state index is 12.3. The molecule has 0 aliphatic rings. The third-order valence-electron chi connectivity index (χ3n) is 2.16. The quantitative estimate of drug-likeness (QED) is 0.842. The van der Waals surface area contributed by atoms with Crippen molar-refractivity contribution in [3.63, 3.8) is 0 Å². The zero-order chi connectivity index (χ0) is 11.5. The average molecular weight is 237 g/mol. The van der Waals surface area contributed by atoms with E-state index in [0.29, 0.717) is 6.54 Å². The molecule has 1 aromatic rings. The van der Waals surface area contributed by atoms with Crippen molar-refractivity contribution in [2.45, 2.75) is 32.5 Å². The Morgan fingerprint density at radius 3 is 2.53 bits per heavy atom. The fraction of sp³-hybridized carbons (Fsp3) is 0.600. The molecule has 1 nitrogen and oxygen atoms in total. The van der Waals surface area contributed by atoms with Crippen molar-refractivity contribution in [1.29, 1.82) is 0 Å². The van der Waals surface area contributed by atoms with Crippen LogP contribution in [0.3, 0.4) is 0 Å². The van der Waals surface area contributed by atoms with Crippen LogP contribution in [-0.2, 0) is 0 Å². The van der Waals surface area contributed by atoms with Gasteiger partial charge in [0.2, 0.25) is 0 Å². The van der Waals surface area contributed by atoms with Gasteiger partial charge in [-0.2, -0.15) is 13.2 Å². The maximum absolute atomic E-state index is 12.3. The molecule has 0 saturated carbocycles. The Hall–Kier alpha value is -0.550. The lowest BCUT2D eigenvalue weighted by Crippen LogP contribution is -2.26. The molecule has 1 heterocycles. The number of aryl methyl sites for hydroxylation is 1. The predicted molar refractivity (Wildman–Crippen MR) is 56.1 cm³/mol. The molecule has 0 aliphatic heterocycles. The number of thiophene rings is 1. The highest BCUT2D eigenvalue weighted by atomic mass is 32.1. The summed E-state index contributed by atoms with van der Waals surface area (Å²) in [5.74, 6) is 0. The van der Waals surface area contributed by atoms with Gasteiger partial charge in [-0.05, 0) is 30.5 Å². The third kappa shape index (κ3) is 3.83. The van der Waals surface area contributed by atoms with Crippen LogP contribution in [0.25, 0.3) is 0 Å². The van der Waals surface area contributed by atoms with E-state index in [1.54, 1.807) is 6.07 Å². The molecular formula is C10H14F3NS. The number of halogens is 3. The molecular weight excluding hydrogens is 223 g/mol. The molecule has 0 bridgehead atoms. The molecule has 0 saturated heterocycles. The second kappa shape index (κ2) is 4.99. The highest BCUT2D eigenvalue weighted by Gasteiger charge is 2.32. The van der Waals surface area contributed by atoms with Crippen LogP contribution in [-0.4, -0.2) is 12.7 Å². The van der Waals surface area contributed by atoms with Crippen LogP contribution in [0.1, 0.15) is 29.8 Å². The Bertz CT molecular complexity index is 306. The van der Waals surface area contributed by atoms with Crippen molar-refractivity contribution in [1.82, 2.24) is 5.32 Å². The fourth-order valence-electron chi connectivity index (χ4n) is 1.53. The van der Waals surface area contributed by atoms with Gasteiger partial charge in [-0.15, -0.1) is 11.3 Å². The van der Waals surface area contributed by atoms with Gasteiger partial charge in [-0.1, -0.05) is 6.92 Å². The van der Waals surface area contributed by atoms with Crippen molar-refractivity contribution in [3.8, 4) is 0 Å². The topological polar surface area (TPSA) is 12.0 Å². The molecule has 1 rings (SSSR count). The van der Waals surface area contributed by atoms with Crippen molar-refractivity contribution >= 4 is 11.3 Å². The molecule has 1 N–H and O–H groups in total. The van der Waals surface area contributed by atoms with Crippen LogP contribution in [0.4, 0.5) is 13.2 Å². The first-order chi connectivity index (χ1) is 6.94. The standard InChI is InChI=1S/C10H14F3NS/c1-3-14-9(6-10(11,12)13)8-4-5-15-7(8)2/h4-5,9,14H,3,6H2,1-2H3. The predicted octanol–water partition coefficient (Wildman–Crippen LogP) is 3.66. The molecule has 1 aromatic heterocycles. The van der Waals surface area contributed by atoms with E-state index in [1.807, 2.05) is 19.2 Å². The van der Waals surface area contributed by atoms with Crippen LogP contribution in [0.2, 0.25) is 0 Å². The zero-order valence-electron chi connectivity index (χ0n) is 8.69. The van der Waals surface area contributed by atoms with Crippen LogP contribution in [0, 0.1) is 6.92 Å². The Kier molecular flexibility index (Phi) is 4.16. The molecule has 0 amide bonds. The smallest absolute Gasteiger partial charge is 0.310 e. The van der Waals surface area contributed by atoms with Crippen LogP contribution >= 0.6 is 11.3 Å². The number of hydrogen-bond donors (Lipinski definition) is 1. The van der Waals surface area contributed by atoms with E-state index in [4.69, 9.17) is 0 Å². The minimum absolute atomic E-state index is 0.538. The largest absolute Gasteiger partial charge is 0.390 e. The molecule has 1 unspecified atom stereocenters. The van der Waals surface area contributed by atoms with E-state index >= 15 is 0 Å². The molecule has 0 spiro atoms. The van der Waals surface area contributed by atoms with Gasteiger partial charge in [0.1, 0.15) is 0 Å². The van der Waals surface area contributed by atoms with Gasteiger partial charge in [-0.3, -0.25) is 0 Å². The minimum atomic E-state index is -4.12. The van der Waals surface area contributed by atoms with Crippen molar-refractivity contribution in [2.24, 2.45) is 0 Å². The van der Waals surface area contributed by atoms with Crippen LogP contribution in [0.15, 0.2) is 11.4 Å².